The van der Waals surface area contributed by atoms with Crippen LogP contribution in [0, 0.1) is 6.92 Å². The minimum Gasteiger partial charge on any atom is -0.309 e. The molecule has 0 N–H and O–H groups in total. The Bertz CT molecular complexity index is 3080. The van der Waals surface area contributed by atoms with Gasteiger partial charge in [-0.2, -0.15) is 0 Å². The molecule has 0 saturated carbocycles. The SMILES string of the molecule is C=C/C=C\c1c(C)ccc2c3cc4ccccc4cc3n(-c3ccc(-c4nc(-c5ccccc5)nc(-c5cccc6sc7ccccc7c56)n4)cc3)c12. The van der Waals surface area contributed by atoms with Crippen LogP contribution in [0.1, 0.15) is 11.1 Å². The summed E-state index contributed by atoms with van der Waals surface area (Å²) in [6.07, 6.45) is 6.02. The van der Waals surface area contributed by atoms with Crippen LogP contribution in [0.2, 0.25) is 0 Å². The van der Waals surface area contributed by atoms with Crippen LogP contribution in [0.4, 0.5) is 0 Å². The van der Waals surface area contributed by atoms with Crippen molar-refractivity contribution < 1.29 is 0 Å². The Morgan fingerprint density at radius 1 is 0.585 bits per heavy atom. The first-order valence-corrected chi connectivity index (χ1v) is 18.5. The van der Waals surface area contributed by atoms with Gasteiger partial charge >= 0.3 is 0 Å². The highest BCUT2D eigenvalue weighted by Crippen LogP contribution is 2.41. The fourth-order valence-electron chi connectivity index (χ4n) is 7.62. The van der Waals surface area contributed by atoms with Gasteiger partial charge < -0.3 is 4.57 Å². The molecule has 0 aliphatic heterocycles. The van der Waals surface area contributed by atoms with E-state index >= 15 is 0 Å². The van der Waals surface area contributed by atoms with Crippen molar-refractivity contribution in [3.05, 3.63) is 175 Å². The van der Waals surface area contributed by atoms with Crippen LogP contribution in [0.15, 0.2) is 164 Å². The highest BCUT2D eigenvalue weighted by molar-refractivity contribution is 7.25. The number of hydrogen-bond acceptors (Lipinski definition) is 4. The molecule has 0 saturated heterocycles. The van der Waals surface area contributed by atoms with Crippen molar-refractivity contribution in [3.63, 3.8) is 0 Å². The van der Waals surface area contributed by atoms with Gasteiger partial charge in [-0.3, -0.25) is 0 Å². The molecule has 3 aromatic heterocycles. The maximum atomic E-state index is 5.18. The van der Waals surface area contributed by atoms with E-state index in [4.69, 9.17) is 15.0 Å². The largest absolute Gasteiger partial charge is 0.309 e. The Kier molecular flexibility index (Phi) is 7.34. The van der Waals surface area contributed by atoms with Gasteiger partial charge in [-0.25, -0.2) is 15.0 Å². The zero-order valence-corrected chi connectivity index (χ0v) is 29.8. The van der Waals surface area contributed by atoms with Gasteiger partial charge in [-0.15, -0.1) is 11.3 Å². The number of rotatable bonds is 6. The minimum atomic E-state index is 0.635. The lowest BCUT2D eigenvalue weighted by atomic mass is 10.0. The topological polar surface area (TPSA) is 43.6 Å². The van der Waals surface area contributed by atoms with Crippen LogP contribution < -0.4 is 0 Å². The van der Waals surface area contributed by atoms with E-state index in [1.54, 1.807) is 11.3 Å². The molecule has 0 radical (unpaired) electrons. The molecular formula is C48H32N4S. The van der Waals surface area contributed by atoms with Gasteiger partial charge in [0.05, 0.1) is 11.0 Å². The first-order chi connectivity index (χ1) is 26.1. The van der Waals surface area contributed by atoms with Crippen LogP contribution in [-0.2, 0) is 0 Å². The number of aryl methyl sites for hydroxylation is 1. The van der Waals surface area contributed by atoms with Crippen molar-refractivity contribution >= 4 is 70.2 Å². The Hall–Kier alpha value is -6.69. The third kappa shape index (κ3) is 5.16. The lowest BCUT2D eigenvalue weighted by Gasteiger charge is -2.13. The lowest BCUT2D eigenvalue weighted by Crippen LogP contribution is -2.01. The second kappa shape index (κ2) is 12.5. The molecule has 0 atom stereocenters. The molecule has 53 heavy (non-hydrogen) atoms. The van der Waals surface area contributed by atoms with E-state index in [1.165, 1.54) is 58.4 Å². The molecule has 0 aliphatic rings. The van der Waals surface area contributed by atoms with Gasteiger partial charge in [0.2, 0.25) is 0 Å². The second-order valence-corrected chi connectivity index (χ2v) is 14.4. The summed E-state index contributed by atoms with van der Waals surface area (Å²) in [5.74, 6) is 1.95. The Balaban J connectivity index is 1.18. The number of benzene rings is 7. The predicted molar refractivity (Wildman–Crippen MR) is 225 cm³/mol. The first-order valence-electron chi connectivity index (χ1n) is 17.7. The molecule has 7 aromatic carbocycles. The van der Waals surface area contributed by atoms with Crippen molar-refractivity contribution in [3.8, 4) is 39.9 Å². The van der Waals surface area contributed by atoms with Crippen LogP contribution in [0.3, 0.4) is 0 Å². The Morgan fingerprint density at radius 2 is 1.26 bits per heavy atom. The molecule has 0 spiro atoms. The molecule has 5 heteroatoms. The summed E-state index contributed by atoms with van der Waals surface area (Å²) in [7, 11) is 0. The molecule has 0 fully saturated rings. The average molecular weight is 697 g/mol. The van der Waals surface area contributed by atoms with Gasteiger partial charge in [-0.1, -0.05) is 122 Å². The number of hydrogen-bond donors (Lipinski definition) is 0. The monoisotopic (exact) mass is 696 g/mol. The van der Waals surface area contributed by atoms with Gasteiger partial charge in [-0.05, 0) is 71.8 Å². The fraction of sp³-hybridized carbons (Fsp3) is 0.0208. The molecule has 0 unspecified atom stereocenters. The molecule has 4 nitrogen and oxygen atoms in total. The smallest absolute Gasteiger partial charge is 0.164 e. The summed E-state index contributed by atoms with van der Waals surface area (Å²) in [6, 6.07) is 51.5. The van der Waals surface area contributed by atoms with Gasteiger partial charge in [0.25, 0.3) is 0 Å². The molecule has 3 heterocycles. The van der Waals surface area contributed by atoms with E-state index in [1.807, 2.05) is 30.4 Å². The van der Waals surface area contributed by atoms with E-state index in [-0.39, 0.29) is 0 Å². The minimum absolute atomic E-state index is 0.635. The zero-order valence-electron chi connectivity index (χ0n) is 29.0. The van der Waals surface area contributed by atoms with Crippen LogP contribution in [-0.4, -0.2) is 19.5 Å². The Morgan fingerprint density at radius 3 is 2.06 bits per heavy atom. The number of nitrogens with zero attached hydrogens (tertiary/aromatic N) is 4. The molecule has 0 bridgehead atoms. The van der Waals surface area contributed by atoms with Gasteiger partial charge in [0.15, 0.2) is 17.5 Å². The van der Waals surface area contributed by atoms with Crippen molar-refractivity contribution in [2.75, 3.05) is 0 Å². The van der Waals surface area contributed by atoms with Gasteiger partial charge in [0.1, 0.15) is 0 Å². The van der Waals surface area contributed by atoms with E-state index in [0.29, 0.717) is 17.5 Å². The van der Waals surface area contributed by atoms with Crippen LogP contribution in [0.5, 0.6) is 0 Å². The maximum Gasteiger partial charge on any atom is 0.164 e. The lowest BCUT2D eigenvalue weighted by molar-refractivity contribution is 1.07. The third-order valence-corrected chi connectivity index (χ3v) is 11.3. The number of fused-ring (bicyclic) bond motifs is 7. The van der Waals surface area contributed by atoms with E-state index in [9.17, 15) is 0 Å². The summed E-state index contributed by atoms with van der Waals surface area (Å²) in [6.45, 7) is 6.12. The highest BCUT2D eigenvalue weighted by Gasteiger charge is 2.19. The van der Waals surface area contributed by atoms with E-state index < -0.39 is 0 Å². The molecular weight excluding hydrogens is 665 g/mol. The summed E-state index contributed by atoms with van der Waals surface area (Å²) in [4.78, 5) is 15.3. The number of thiophene rings is 1. The molecule has 10 aromatic rings. The molecule has 10 rings (SSSR count). The van der Waals surface area contributed by atoms with Crippen LogP contribution >= 0.6 is 11.3 Å². The summed E-state index contributed by atoms with van der Waals surface area (Å²) < 4.78 is 4.86. The van der Waals surface area contributed by atoms with Crippen molar-refractivity contribution in [1.29, 1.82) is 0 Å². The third-order valence-electron chi connectivity index (χ3n) is 10.1. The maximum absolute atomic E-state index is 5.18. The summed E-state index contributed by atoms with van der Waals surface area (Å²) in [5, 5.41) is 7.27. The standard InChI is InChI=1S/C48H32N4S/c1-3-4-17-36-30(2)22-27-37-40-28-33-15-8-9-16-34(33)29-41(40)52(45(36)37)35-25-23-32(24-26-35)47-49-46(31-13-6-5-7-14-31)50-48(51-47)39-19-12-21-43-44(39)38-18-10-11-20-42(38)53-43/h3-29H,1H2,2H3/b17-4-. The fourth-order valence-corrected chi connectivity index (χ4v) is 8.75. The summed E-state index contributed by atoms with van der Waals surface area (Å²) in [5.41, 5.74) is 8.66. The van der Waals surface area contributed by atoms with Crippen molar-refractivity contribution in [2.24, 2.45) is 0 Å². The average Bonchev–Trinajstić information content (AvgIpc) is 3.75. The molecule has 0 amide bonds. The van der Waals surface area contributed by atoms with Crippen LogP contribution in [0.25, 0.3) is 98.7 Å². The summed E-state index contributed by atoms with van der Waals surface area (Å²) >= 11 is 1.80. The van der Waals surface area contributed by atoms with Crippen molar-refractivity contribution in [1.82, 2.24) is 19.5 Å². The molecule has 250 valence electrons. The quantitative estimate of drug-likeness (QED) is 0.163. The number of allylic oxidation sites excluding steroid dienone is 2. The van der Waals surface area contributed by atoms with Gasteiger partial charge in [0, 0.05) is 58.9 Å². The second-order valence-electron chi connectivity index (χ2n) is 13.3. The van der Waals surface area contributed by atoms with E-state index in [0.717, 1.165) is 27.9 Å². The zero-order chi connectivity index (χ0) is 35.5. The Labute approximate surface area is 310 Å². The first kappa shape index (κ1) is 31.1. The van der Waals surface area contributed by atoms with E-state index in [2.05, 4.69) is 152 Å². The normalized spacial score (nSPS) is 11.9. The van der Waals surface area contributed by atoms with Crippen molar-refractivity contribution in [2.45, 2.75) is 6.92 Å². The highest BCUT2D eigenvalue weighted by atomic mass is 32.1. The molecule has 0 aliphatic carbocycles. The predicted octanol–water partition coefficient (Wildman–Crippen LogP) is 13.0. The number of aromatic nitrogens is 4.